The second-order valence-electron chi connectivity index (χ2n) is 7.97. The van der Waals surface area contributed by atoms with Crippen LogP contribution in [0.2, 0.25) is 0 Å². The van der Waals surface area contributed by atoms with E-state index in [1.54, 1.807) is 0 Å². The van der Waals surface area contributed by atoms with Crippen molar-refractivity contribution in [3.8, 4) is 0 Å². The molecule has 1 aromatic carbocycles. The first-order valence-corrected chi connectivity index (χ1v) is 9.44. The van der Waals surface area contributed by atoms with E-state index < -0.39 is 0 Å². The lowest BCUT2D eigenvalue weighted by Crippen LogP contribution is -2.34. The highest BCUT2D eigenvalue weighted by Gasteiger charge is 2.40. The van der Waals surface area contributed by atoms with E-state index in [2.05, 4.69) is 15.1 Å². The number of anilines is 2. The van der Waals surface area contributed by atoms with Crippen LogP contribution in [0.1, 0.15) is 44.1 Å². The van der Waals surface area contributed by atoms with Crippen LogP contribution in [0.4, 0.5) is 11.4 Å². The van der Waals surface area contributed by atoms with E-state index >= 15 is 0 Å². The molecule has 0 unspecified atom stereocenters. The molecule has 0 heterocycles. The quantitative estimate of drug-likeness (QED) is 0.829. The minimum atomic E-state index is 0.122. The molecule has 0 saturated heterocycles. The largest absolute Gasteiger partial charge is 0.377 e. The Morgan fingerprint density at radius 3 is 2.28 bits per heavy atom. The van der Waals surface area contributed by atoms with Gasteiger partial charge in [-0.05, 0) is 62.3 Å². The van der Waals surface area contributed by atoms with Crippen LogP contribution in [0.3, 0.4) is 0 Å². The molecule has 3 saturated carbocycles. The minimum Gasteiger partial charge on any atom is -0.377 e. The number of nitrogens with one attached hydrogen (secondary N) is 1. The first kappa shape index (κ1) is 16.4. The third kappa shape index (κ3) is 3.80. The fraction of sp³-hybridized carbons (Fsp3) is 0.600. The Labute approximate surface area is 149 Å². The van der Waals surface area contributed by atoms with Gasteiger partial charge in [-0.2, -0.15) is 0 Å². The third-order valence-electron chi connectivity index (χ3n) is 5.31. The van der Waals surface area contributed by atoms with Crippen molar-refractivity contribution >= 4 is 23.2 Å². The summed E-state index contributed by atoms with van der Waals surface area (Å²) in [5.74, 6) is 0.883. The van der Waals surface area contributed by atoms with Crippen molar-refractivity contribution in [1.82, 2.24) is 4.90 Å². The van der Waals surface area contributed by atoms with Crippen molar-refractivity contribution in [1.29, 1.82) is 0 Å². The molecular formula is C20H27N3O2. The average molecular weight is 341 g/mol. The van der Waals surface area contributed by atoms with E-state index in [0.717, 1.165) is 55.5 Å². The Morgan fingerprint density at radius 2 is 1.72 bits per heavy atom. The zero-order chi connectivity index (χ0) is 17.6. The van der Waals surface area contributed by atoms with Gasteiger partial charge in [0.15, 0.2) is 0 Å². The van der Waals surface area contributed by atoms with Crippen LogP contribution in [0, 0.1) is 11.8 Å². The lowest BCUT2D eigenvalue weighted by atomic mass is 10.1. The van der Waals surface area contributed by atoms with Crippen LogP contribution < -0.4 is 10.2 Å². The van der Waals surface area contributed by atoms with Gasteiger partial charge in [0.05, 0.1) is 0 Å². The van der Waals surface area contributed by atoms with Crippen LogP contribution >= 0.6 is 0 Å². The van der Waals surface area contributed by atoms with E-state index in [4.69, 9.17) is 0 Å². The number of hydrogen-bond acceptors (Lipinski definition) is 3. The van der Waals surface area contributed by atoms with Crippen LogP contribution in [0.15, 0.2) is 18.2 Å². The summed E-state index contributed by atoms with van der Waals surface area (Å²) in [5, 5.41) is 3.03. The molecule has 0 atom stereocenters. The molecule has 5 nitrogen and oxygen atoms in total. The lowest BCUT2D eigenvalue weighted by Gasteiger charge is -2.26. The van der Waals surface area contributed by atoms with Crippen LogP contribution in [0.25, 0.3) is 0 Å². The maximum atomic E-state index is 12.7. The second-order valence-corrected chi connectivity index (χ2v) is 7.97. The van der Waals surface area contributed by atoms with Crippen molar-refractivity contribution in [2.45, 2.75) is 51.1 Å². The van der Waals surface area contributed by atoms with E-state index in [1.165, 1.54) is 0 Å². The fourth-order valence-corrected chi connectivity index (χ4v) is 3.34. The predicted molar refractivity (Wildman–Crippen MR) is 98.4 cm³/mol. The smallest absolute Gasteiger partial charge is 0.227 e. The van der Waals surface area contributed by atoms with Crippen LogP contribution in [-0.4, -0.2) is 36.9 Å². The SMILES string of the molecule is CN(C)c1ccc(NC(=O)C2CC2)cc1CN(C(=O)C1CC1)C1CC1. The normalized spacial score (nSPS) is 19.4. The molecule has 25 heavy (non-hydrogen) atoms. The van der Waals surface area contributed by atoms with Crippen molar-refractivity contribution in [3.05, 3.63) is 23.8 Å². The summed E-state index contributed by atoms with van der Waals surface area (Å²) in [5.41, 5.74) is 3.06. The molecule has 5 heteroatoms. The fourth-order valence-electron chi connectivity index (χ4n) is 3.34. The Bertz CT molecular complexity index is 688. The Balaban J connectivity index is 1.56. The molecule has 3 aliphatic rings. The number of amides is 2. The summed E-state index contributed by atoms with van der Waals surface area (Å²) in [4.78, 5) is 28.9. The highest BCUT2D eigenvalue weighted by atomic mass is 16.2. The number of hydrogen-bond donors (Lipinski definition) is 1. The van der Waals surface area contributed by atoms with Gasteiger partial charge < -0.3 is 15.1 Å². The van der Waals surface area contributed by atoms with E-state index in [-0.39, 0.29) is 17.7 Å². The average Bonchev–Trinajstić information content (AvgIpc) is 3.44. The van der Waals surface area contributed by atoms with Crippen LogP contribution in [-0.2, 0) is 16.1 Å². The first-order valence-electron chi connectivity index (χ1n) is 9.44. The highest BCUT2D eigenvalue weighted by Crippen LogP contribution is 2.38. The maximum absolute atomic E-state index is 12.7. The molecule has 0 aromatic heterocycles. The summed E-state index contributed by atoms with van der Waals surface area (Å²) in [6.07, 6.45) is 6.32. The molecule has 0 spiro atoms. The molecule has 0 radical (unpaired) electrons. The topological polar surface area (TPSA) is 52.7 Å². The van der Waals surface area contributed by atoms with Gasteiger partial charge in [0.2, 0.25) is 11.8 Å². The minimum absolute atomic E-state index is 0.122. The van der Waals surface area contributed by atoms with Gasteiger partial charge >= 0.3 is 0 Å². The van der Waals surface area contributed by atoms with Crippen molar-refractivity contribution < 1.29 is 9.59 Å². The van der Waals surface area contributed by atoms with Crippen molar-refractivity contribution in [3.63, 3.8) is 0 Å². The maximum Gasteiger partial charge on any atom is 0.227 e. The number of rotatable bonds is 7. The molecule has 2 amide bonds. The van der Waals surface area contributed by atoms with E-state index in [1.807, 2.05) is 32.3 Å². The molecular weight excluding hydrogens is 314 g/mol. The van der Waals surface area contributed by atoms with Gasteiger partial charge in [-0.1, -0.05) is 0 Å². The van der Waals surface area contributed by atoms with Gasteiger partial charge in [-0.3, -0.25) is 9.59 Å². The highest BCUT2D eigenvalue weighted by molar-refractivity contribution is 5.94. The Kier molecular flexibility index (Phi) is 4.18. The molecule has 3 fully saturated rings. The number of carbonyl (C=O) groups excluding carboxylic acids is 2. The van der Waals surface area contributed by atoms with E-state index in [0.29, 0.717) is 18.5 Å². The van der Waals surface area contributed by atoms with Gasteiger partial charge in [0.1, 0.15) is 0 Å². The summed E-state index contributed by atoms with van der Waals surface area (Å²) < 4.78 is 0. The second kappa shape index (κ2) is 6.36. The third-order valence-corrected chi connectivity index (χ3v) is 5.31. The molecule has 4 rings (SSSR count). The molecule has 0 aliphatic heterocycles. The lowest BCUT2D eigenvalue weighted by molar-refractivity contribution is -0.133. The number of carbonyl (C=O) groups is 2. The molecule has 134 valence electrons. The standard InChI is InChI=1S/C20H27N3O2/c1-22(2)18-10-7-16(21-19(24)13-3-4-13)11-15(18)12-23(17-8-9-17)20(25)14-5-6-14/h7,10-11,13-14,17H,3-6,8-9,12H2,1-2H3,(H,21,24). The van der Waals surface area contributed by atoms with Gasteiger partial charge in [0, 0.05) is 49.9 Å². The molecule has 1 N–H and O–H groups in total. The molecule has 3 aliphatic carbocycles. The zero-order valence-electron chi connectivity index (χ0n) is 15.1. The van der Waals surface area contributed by atoms with Crippen molar-refractivity contribution in [2.24, 2.45) is 11.8 Å². The summed E-state index contributed by atoms with van der Waals surface area (Å²) in [6, 6.07) is 6.46. The van der Waals surface area contributed by atoms with Gasteiger partial charge in [-0.25, -0.2) is 0 Å². The molecule has 1 aromatic rings. The Morgan fingerprint density at radius 1 is 1.04 bits per heavy atom. The van der Waals surface area contributed by atoms with Crippen molar-refractivity contribution in [2.75, 3.05) is 24.3 Å². The number of benzene rings is 1. The summed E-state index contributed by atoms with van der Waals surface area (Å²) in [6.45, 7) is 0.640. The van der Waals surface area contributed by atoms with Crippen LogP contribution in [0.5, 0.6) is 0 Å². The van der Waals surface area contributed by atoms with Gasteiger partial charge in [0.25, 0.3) is 0 Å². The first-order chi connectivity index (χ1) is 12.0. The zero-order valence-corrected chi connectivity index (χ0v) is 15.1. The summed E-state index contributed by atoms with van der Waals surface area (Å²) in [7, 11) is 4.04. The predicted octanol–water partition coefficient (Wildman–Crippen LogP) is 3.00. The van der Waals surface area contributed by atoms with E-state index in [9.17, 15) is 9.59 Å². The number of nitrogens with zero attached hydrogens (tertiary/aromatic N) is 2. The van der Waals surface area contributed by atoms with Gasteiger partial charge in [-0.15, -0.1) is 0 Å². The Hall–Kier alpha value is -2.04. The monoisotopic (exact) mass is 341 g/mol. The summed E-state index contributed by atoms with van der Waals surface area (Å²) >= 11 is 0. The molecule has 0 bridgehead atoms.